The number of H-pyrrole nitrogens is 1. The smallest absolute Gasteiger partial charge is 0.239 e. The van der Waals surface area contributed by atoms with Crippen LogP contribution in [-0.4, -0.2) is 72.0 Å². The second kappa shape index (κ2) is 8.24. The highest BCUT2D eigenvalue weighted by molar-refractivity contribution is 7.88. The number of aromatic amines is 1. The van der Waals surface area contributed by atoms with Crippen LogP contribution in [0.3, 0.4) is 0 Å². The van der Waals surface area contributed by atoms with Gasteiger partial charge < -0.3 is 15.2 Å². The summed E-state index contributed by atoms with van der Waals surface area (Å²) < 4.78 is 26.4. The van der Waals surface area contributed by atoms with Crippen LogP contribution in [0.4, 0.5) is 0 Å². The van der Waals surface area contributed by atoms with Crippen LogP contribution < -0.4 is 5.32 Å². The molecule has 3 aliphatic rings. The average Bonchev–Trinajstić information content (AvgIpc) is 3.26. The van der Waals surface area contributed by atoms with Gasteiger partial charge in [0.2, 0.25) is 15.9 Å². The first-order chi connectivity index (χ1) is 11.9. The molecular weight excluding hydrogens is 413 g/mol. The maximum atomic E-state index is 12.7. The molecule has 2 saturated heterocycles. The van der Waals surface area contributed by atoms with Gasteiger partial charge in [-0.05, 0) is 32.2 Å². The molecule has 3 aliphatic heterocycles. The SMILES string of the molecule is CS(=O)(=O)N1CCc2[nH]cnc2C12CCN(C(=O)[C@@H]1CCCN1)CC2.Cl.Cl. The van der Waals surface area contributed by atoms with Crippen molar-refractivity contribution >= 4 is 40.7 Å². The van der Waals surface area contributed by atoms with Gasteiger partial charge in [-0.2, -0.15) is 4.31 Å². The van der Waals surface area contributed by atoms with Crippen molar-refractivity contribution in [3.05, 3.63) is 17.7 Å². The average molecular weight is 440 g/mol. The summed E-state index contributed by atoms with van der Waals surface area (Å²) >= 11 is 0. The number of fused-ring (bicyclic) bond motifs is 2. The Hall–Kier alpha value is -0.870. The van der Waals surface area contributed by atoms with Crippen molar-refractivity contribution in [2.24, 2.45) is 0 Å². The monoisotopic (exact) mass is 439 g/mol. The van der Waals surface area contributed by atoms with Crippen molar-refractivity contribution in [2.75, 3.05) is 32.4 Å². The van der Waals surface area contributed by atoms with Gasteiger partial charge in [0, 0.05) is 31.7 Å². The molecule has 0 aromatic carbocycles. The fourth-order valence-corrected chi connectivity index (χ4v) is 5.97. The summed E-state index contributed by atoms with van der Waals surface area (Å²) in [6.45, 7) is 2.49. The van der Waals surface area contributed by atoms with Crippen molar-refractivity contribution < 1.29 is 13.2 Å². The lowest BCUT2D eigenvalue weighted by atomic mass is 9.80. The van der Waals surface area contributed by atoms with Crippen molar-refractivity contribution in [3.8, 4) is 0 Å². The molecule has 1 atom stereocenters. The van der Waals surface area contributed by atoms with Gasteiger partial charge in [0.25, 0.3) is 0 Å². The predicted molar refractivity (Wildman–Crippen MR) is 107 cm³/mol. The predicted octanol–water partition coefficient (Wildman–Crippen LogP) is 0.641. The highest BCUT2D eigenvalue weighted by atomic mass is 35.5. The highest BCUT2D eigenvalue weighted by Gasteiger charge is 2.51. The summed E-state index contributed by atoms with van der Waals surface area (Å²) in [5.74, 6) is 0.149. The van der Waals surface area contributed by atoms with Crippen LogP contribution in [0.5, 0.6) is 0 Å². The largest absolute Gasteiger partial charge is 0.348 e. The van der Waals surface area contributed by atoms with Gasteiger partial charge in [0.1, 0.15) is 0 Å². The van der Waals surface area contributed by atoms with Crippen LogP contribution in [0.15, 0.2) is 6.33 Å². The minimum Gasteiger partial charge on any atom is -0.348 e. The molecule has 1 aromatic rings. The van der Waals surface area contributed by atoms with E-state index in [9.17, 15) is 13.2 Å². The highest BCUT2D eigenvalue weighted by Crippen LogP contribution is 2.43. The van der Waals surface area contributed by atoms with E-state index in [0.717, 1.165) is 30.8 Å². The van der Waals surface area contributed by atoms with Gasteiger partial charge in [-0.1, -0.05) is 0 Å². The second-order valence-corrected chi connectivity index (χ2v) is 9.23. The Balaban J connectivity index is 0.00000131. The standard InChI is InChI=1S/C16H25N5O3S.2ClH/c1-25(23,24)21-8-4-12-14(19-11-18-12)16(21)5-9-20(10-6-16)15(22)13-3-2-7-17-13;;/h11,13,17H,2-10H2,1H3,(H,18,19);2*1H/t13-;;/m0../s1. The van der Waals surface area contributed by atoms with Crippen molar-refractivity contribution in [3.63, 3.8) is 0 Å². The van der Waals surface area contributed by atoms with Gasteiger partial charge >= 0.3 is 0 Å². The molecule has 0 unspecified atom stereocenters. The quantitative estimate of drug-likeness (QED) is 0.704. The van der Waals surface area contributed by atoms with Crippen LogP contribution in [0.2, 0.25) is 0 Å². The Labute approximate surface area is 172 Å². The molecule has 1 amide bonds. The van der Waals surface area contributed by atoms with E-state index in [4.69, 9.17) is 0 Å². The molecule has 11 heteroatoms. The van der Waals surface area contributed by atoms with Gasteiger partial charge in [-0.3, -0.25) is 4.79 Å². The number of carbonyl (C=O) groups is 1. The Kier molecular flexibility index (Phi) is 6.85. The van der Waals surface area contributed by atoms with Crippen LogP contribution in [0.1, 0.15) is 37.1 Å². The molecule has 0 aliphatic carbocycles. The Morgan fingerprint density at radius 2 is 1.96 bits per heavy atom. The lowest BCUT2D eigenvalue weighted by Crippen LogP contribution is -2.59. The zero-order valence-electron chi connectivity index (χ0n) is 15.3. The summed E-state index contributed by atoms with van der Waals surface area (Å²) in [5, 5.41) is 3.25. The zero-order valence-corrected chi connectivity index (χ0v) is 17.8. The fraction of sp³-hybridized carbons (Fsp3) is 0.750. The molecule has 0 radical (unpaired) electrons. The summed E-state index contributed by atoms with van der Waals surface area (Å²) in [7, 11) is -3.34. The normalized spacial score (nSPS) is 24.8. The Morgan fingerprint density at radius 3 is 2.56 bits per heavy atom. The molecule has 2 N–H and O–H groups in total. The van der Waals surface area contributed by atoms with Crippen LogP contribution in [0, 0.1) is 0 Å². The number of amides is 1. The molecule has 27 heavy (non-hydrogen) atoms. The number of hydrogen-bond acceptors (Lipinski definition) is 5. The Bertz CT molecular complexity index is 771. The molecule has 4 heterocycles. The minimum atomic E-state index is -3.34. The Morgan fingerprint density at radius 1 is 1.26 bits per heavy atom. The molecule has 0 saturated carbocycles. The maximum Gasteiger partial charge on any atom is 0.239 e. The van der Waals surface area contributed by atoms with Crippen molar-refractivity contribution in [1.29, 1.82) is 0 Å². The van der Waals surface area contributed by atoms with Crippen LogP contribution >= 0.6 is 24.8 Å². The van der Waals surface area contributed by atoms with E-state index in [1.54, 1.807) is 10.6 Å². The zero-order chi connectivity index (χ0) is 17.7. The number of halogens is 2. The van der Waals surface area contributed by atoms with E-state index < -0.39 is 15.6 Å². The second-order valence-electron chi connectivity index (χ2n) is 7.32. The van der Waals surface area contributed by atoms with Gasteiger partial charge in [-0.25, -0.2) is 13.4 Å². The number of imidazole rings is 1. The van der Waals surface area contributed by atoms with E-state index in [1.165, 1.54) is 6.26 Å². The number of nitrogens with one attached hydrogen (secondary N) is 2. The number of piperidine rings is 1. The third-order valence-corrected chi connectivity index (χ3v) is 7.20. The molecule has 1 spiro atoms. The number of carbonyl (C=O) groups excluding carboxylic acids is 1. The molecule has 0 bridgehead atoms. The van der Waals surface area contributed by atoms with Crippen LogP contribution in [-0.2, 0) is 26.8 Å². The first-order valence-corrected chi connectivity index (χ1v) is 10.8. The lowest BCUT2D eigenvalue weighted by molar-refractivity contribution is -0.135. The van der Waals surface area contributed by atoms with E-state index in [0.29, 0.717) is 38.9 Å². The fourth-order valence-electron chi connectivity index (χ4n) is 4.64. The van der Waals surface area contributed by atoms with Gasteiger partial charge in [0.15, 0.2) is 0 Å². The lowest BCUT2D eigenvalue weighted by Gasteiger charge is -2.49. The van der Waals surface area contributed by atoms with Crippen molar-refractivity contribution in [2.45, 2.75) is 43.7 Å². The third kappa shape index (κ3) is 3.85. The topological polar surface area (TPSA) is 98.4 Å². The van der Waals surface area contributed by atoms with Crippen LogP contribution in [0.25, 0.3) is 0 Å². The summed E-state index contributed by atoms with van der Waals surface area (Å²) in [4.78, 5) is 22.2. The van der Waals surface area contributed by atoms with E-state index in [-0.39, 0.29) is 36.8 Å². The molecule has 2 fully saturated rings. The third-order valence-electron chi connectivity index (χ3n) is 5.86. The molecule has 8 nitrogen and oxygen atoms in total. The number of aromatic nitrogens is 2. The van der Waals surface area contributed by atoms with E-state index >= 15 is 0 Å². The maximum absolute atomic E-state index is 12.7. The molecule has 4 rings (SSSR count). The first-order valence-electron chi connectivity index (χ1n) is 8.94. The molecule has 154 valence electrons. The van der Waals surface area contributed by atoms with Gasteiger partial charge in [-0.15, -0.1) is 24.8 Å². The number of hydrogen-bond donors (Lipinski definition) is 2. The summed E-state index contributed by atoms with van der Waals surface area (Å²) in [6.07, 6.45) is 6.68. The first kappa shape index (κ1) is 22.4. The number of nitrogens with zero attached hydrogens (tertiary/aromatic N) is 3. The molecule has 1 aromatic heterocycles. The van der Waals surface area contributed by atoms with Gasteiger partial charge in [0.05, 0.1) is 29.9 Å². The summed E-state index contributed by atoms with van der Waals surface area (Å²) in [6, 6.07) is -0.0765. The summed E-state index contributed by atoms with van der Waals surface area (Å²) in [5.41, 5.74) is 1.24. The molecular formula is C16H27Cl2N5O3S. The van der Waals surface area contributed by atoms with E-state index in [2.05, 4.69) is 15.3 Å². The number of likely N-dealkylation sites (tertiary alicyclic amines) is 1. The number of sulfonamides is 1. The van der Waals surface area contributed by atoms with E-state index in [1.807, 2.05) is 4.90 Å². The minimum absolute atomic E-state index is 0. The number of rotatable bonds is 2. The van der Waals surface area contributed by atoms with Crippen molar-refractivity contribution in [1.82, 2.24) is 24.5 Å².